The lowest BCUT2D eigenvalue weighted by atomic mass is 10.1. The molecule has 94 valence electrons. The van der Waals surface area contributed by atoms with Gasteiger partial charge in [-0.05, 0) is 36.8 Å². The lowest BCUT2D eigenvalue weighted by Gasteiger charge is -2.17. The van der Waals surface area contributed by atoms with Crippen LogP contribution in [-0.2, 0) is 10.0 Å². The van der Waals surface area contributed by atoms with Crippen molar-refractivity contribution in [3.63, 3.8) is 0 Å². The Balaban J connectivity index is 1.97. The van der Waals surface area contributed by atoms with Crippen LogP contribution in [0.5, 0.6) is 0 Å². The van der Waals surface area contributed by atoms with Gasteiger partial charge in [-0.1, -0.05) is 12.1 Å². The van der Waals surface area contributed by atoms with Gasteiger partial charge in [0.25, 0.3) is 0 Å². The number of hydrogen-bond acceptors (Lipinski definition) is 3. The van der Waals surface area contributed by atoms with Crippen LogP contribution in [0.3, 0.4) is 0 Å². The van der Waals surface area contributed by atoms with Gasteiger partial charge in [-0.2, -0.15) is 9.57 Å². The van der Waals surface area contributed by atoms with E-state index in [1.54, 1.807) is 18.2 Å². The summed E-state index contributed by atoms with van der Waals surface area (Å²) in [5.74, 6) is 0. The van der Waals surface area contributed by atoms with Gasteiger partial charge in [0.05, 0.1) is 10.5 Å². The number of nitriles is 1. The first-order chi connectivity index (χ1) is 8.57. The number of benzene rings is 1. The molecule has 3 rings (SSSR count). The first-order valence-corrected chi connectivity index (χ1v) is 7.51. The fourth-order valence-corrected chi connectivity index (χ4v) is 4.30. The predicted molar refractivity (Wildman–Crippen MR) is 66.2 cm³/mol. The summed E-state index contributed by atoms with van der Waals surface area (Å²) in [6.45, 7) is 1.21. The SMILES string of the molecule is N#Cc1ccccc1S(=O)(=O)N1CCC2(CC2)C1. The molecule has 2 aliphatic rings. The van der Waals surface area contributed by atoms with Crippen molar-refractivity contribution in [2.24, 2.45) is 5.41 Å². The van der Waals surface area contributed by atoms with Gasteiger partial charge in [0.15, 0.2) is 0 Å². The molecule has 1 aliphatic heterocycles. The zero-order valence-electron chi connectivity index (χ0n) is 9.96. The van der Waals surface area contributed by atoms with Crippen molar-refractivity contribution in [3.8, 4) is 6.07 Å². The van der Waals surface area contributed by atoms with E-state index in [0.717, 1.165) is 19.3 Å². The minimum atomic E-state index is -3.50. The molecule has 0 radical (unpaired) electrons. The summed E-state index contributed by atoms with van der Waals surface area (Å²) in [4.78, 5) is 0.144. The third-order valence-corrected chi connectivity index (χ3v) is 5.89. The van der Waals surface area contributed by atoms with Crippen LogP contribution in [0.2, 0.25) is 0 Å². The maximum absolute atomic E-state index is 12.5. The molecule has 5 heteroatoms. The Morgan fingerprint density at radius 1 is 1.22 bits per heavy atom. The van der Waals surface area contributed by atoms with Gasteiger partial charge in [-0.25, -0.2) is 8.42 Å². The molecule has 1 aromatic carbocycles. The molecule has 4 nitrogen and oxygen atoms in total. The maximum Gasteiger partial charge on any atom is 0.244 e. The van der Waals surface area contributed by atoms with Crippen molar-refractivity contribution in [1.29, 1.82) is 5.26 Å². The zero-order valence-corrected chi connectivity index (χ0v) is 10.8. The number of rotatable bonds is 2. The average Bonchev–Trinajstić information content (AvgIpc) is 2.98. The van der Waals surface area contributed by atoms with Crippen LogP contribution >= 0.6 is 0 Å². The van der Waals surface area contributed by atoms with Gasteiger partial charge in [0.1, 0.15) is 6.07 Å². The average molecular weight is 262 g/mol. The zero-order chi connectivity index (χ0) is 12.8. The second kappa shape index (κ2) is 3.81. The van der Waals surface area contributed by atoms with E-state index in [-0.39, 0.29) is 15.9 Å². The Morgan fingerprint density at radius 3 is 2.56 bits per heavy atom. The Bertz CT molecular complexity index is 627. The molecule has 0 N–H and O–H groups in total. The van der Waals surface area contributed by atoms with Crippen molar-refractivity contribution in [2.75, 3.05) is 13.1 Å². The molecule has 0 aromatic heterocycles. The third-order valence-electron chi connectivity index (χ3n) is 3.99. The van der Waals surface area contributed by atoms with Crippen molar-refractivity contribution >= 4 is 10.0 Å². The predicted octanol–water partition coefficient (Wildman–Crippen LogP) is 1.73. The lowest BCUT2D eigenvalue weighted by Crippen LogP contribution is -2.29. The minimum absolute atomic E-state index is 0.144. The largest absolute Gasteiger partial charge is 0.244 e. The van der Waals surface area contributed by atoms with Crippen LogP contribution in [0.15, 0.2) is 29.2 Å². The molecule has 1 heterocycles. The summed E-state index contributed by atoms with van der Waals surface area (Å²) < 4.78 is 26.5. The maximum atomic E-state index is 12.5. The summed E-state index contributed by atoms with van der Waals surface area (Å²) in [7, 11) is -3.50. The van der Waals surface area contributed by atoms with E-state index in [2.05, 4.69) is 0 Å². The van der Waals surface area contributed by atoms with Crippen molar-refractivity contribution in [1.82, 2.24) is 4.31 Å². The van der Waals surface area contributed by atoms with Crippen LogP contribution in [0.4, 0.5) is 0 Å². The lowest BCUT2D eigenvalue weighted by molar-refractivity contribution is 0.451. The summed E-state index contributed by atoms with van der Waals surface area (Å²) >= 11 is 0. The first-order valence-electron chi connectivity index (χ1n) is 6.07. The van der Waals surface area contributed by atoms with E-state index in [1.807, 2.05) is 6.07 Å². The fraction of sp³-hybridized carbons (Fsp3) is 0.462. The van der Waals surface area contributed by atoms with Crippen LogP contribution in [0.25, 0.3) is 0 Å². The van der Waals surface area contributed by atoms with Crippen LogP contribution in [0.1, 0.15) is 24.8 Å². The molecule has 1 saturated carbocycles. The Labute approximate surface area is 107 Å². The van der Waals surface area contributed by atoms with Gasteiger partial charge in [-0.3, -0.25) is 0 Å². The van der Waals surface area contributed by atoms with Crippen molar-refractivity contribution < 1.29 is 8.42 Å². The molecule has 0 amide bonds. The second-order valence-corrected chi connectivity index (χ2v) is 7.10. The Morgan fingerprint density at radius 2 is 1.94 bits per heavy atom. The van der Waals surface area contributed by atoms with E-state index < -0.39 is 10.0 Å². The summed E-state index contributed by atoms with van der Waals surface area (Å²) in [5.41, 5.74) is 0.489. The van der Waals surface area contributed by atoms with Gasteiger partial charge in [-0.15, -0.1) is 0 Å². The minimum Gasteiger partial charge on any atom is -0.207 e. The highest BCUT2D eigenvalue weighted by Gasteiger charge is 2.50. The van der Waals surface area contributed by atoms with Gasteiger partial charge >= 0.3 is 0 Å². The highest BCUT2D eigenvalue weighted by atomic mass is 32.2. The normalized spacial score (nSPS) is 21.9. The number of nitrogens with zero attached hydrogens (tertiary/aromatic N) is 2. The number of hydrogen-bond donors (Lipinski definition) is 0. The van der Waals surface area contributed by atoms with Crippen LogP contribution < -0.4 is 0 Å². The molecule has 0 unspecified atom stereocenters. The molecule has 0 atom stereocenters. The topological polar surface area (TPSA) is 61.2 Å². The second-order valence-electron chi connectivity index (χ2n) is 5.20. The molecule has 0 bridgehead atoms. The Hall–Kier alpha value is -1.38. The Kier molecular flexibility index (Phi) is 2.47. The van der Waals surface area contributed by atoms with Gasteiger partial charge < -0.3 is 0 Å². The first kappa shape index (κ1) is 11.7. The van der Waals surface area contributed by atoms with E-state index in [4.69, 9.17) is 5.26 Å². The smallest absolute Gasteiger partial charge is 0.207 e. The molecule has 18 heavy (non-hydrogen) atoms. The standard InChI is InChI=1S/C13H14N2O2S/c14-9-11-3-1-2-4-12(11)18(16,17)15-8-7-13(10-15)5-6-13/h1-4H,5-8,10H2. The molecule has 2 fully saturated rings. The van der Waals surface area contributed by atoms with Crippen LogP contribution in [0, 0.1) is 16.7 Å². The van der Waals surface area contributed by atoms with E-state index in [0.29, 0.717) is 13.1 Å². The molecular weight excluding hydrogens is 248 g/mol. The quantitative estimate of drug-likeness (QED) is 0.815. The molecule has 1 aromatic rings. The van der Waals surface area contributed by atoms with Crippen molar-refractivity contribution in [3.05, 3.63) is 29.8 Å². The van der Waals surface area contributed by atoms with Gasteiger partial charge in [0.2, 0.25) is 10.0 Å². The van der Waals surface area contributed by atoms with Gasteiger partial charge in [0, 0.05) is 13.1 Å². The highest BCUT2D eigenvalue weighted by Crippen LogP contribution is 2.53. The summed E-state index contributed by atoms with van der Waals surface area (Å²) in [5, 5.41) is 9.01. The van der Waals surface area contributed by atoms with E-state index in [1.165, 1.54) is 10.4 Å². The van der Waals surface area contributed by atoms with Crippen LogP contribution in [-0.4, -0.2) is 25.8 Å². The van der Waals surface area contributed by atoms with E-state index >= 15 is 0 Å². The summed E-state index contributed by atoms with van der Waals surface area (Å²) in [6.07, 6.45) is 3.23. The molecule has 1 saturated heterocycles. The summed E-state index contributed by atoms with van der Waals surface area (Å²) in [6, 6.07) is 8.37. The molecular formula is C13H14N2O2S. The van der Waals surface area contributed by atoms with Crippen molar-refractivity contribution in [2.45, 2.75) is 24.2 Å². The number of sulfonamides is 1. The fourth-order valence-electron chi connectivity index (χ4n) is 2.61. The third kappa shape index (κ3) is 1.73. The molecule has 1 aliphatic carbocycles. The molecule has 1 spiro atoms. The van der Waals surface area contributed by atoms with E-state index in [9.17, 15) is 8.42 Å². The monoisotopic (exact) mass is 262 g/mol. The highest BCUT2D eigenvalue weighted by molar-refractivity contribution is 7.89.